The highest BCUT2D eigenvalue weighted by molar-refractivity contribution is 5.46. The summed E-state index contributed by atoms with van der Waals surface area (Å²) in [4.78, 5) is 0. The van der Waals surface area contributed by atoms with Crippen molar-refractivity contribution >= 4 is 0 Å². The van der Waals surface area contributed by atoms with Gasteiger partial charge in [0, 0.05) is 12.1 Å². The third-order valence-corrected chi connectivity index (χ3v) is 3.78. The molecule has 0 radical (unpaired) electrons. The summed E-state index contributed by atoms with van der Waals surface area (Å²) in [5.41, 5.74) is 0.178. The van der Waals surface area contributed by atoms with Crippen LogP contribution in [0.5, 0.6) is 11.5 Å². The van der Waals surface area contributed by atoms with E-state index in [9.17, 15) is 5.11 Å². The van der Waals surface area contributed by atoms with Gasteiger partial charge in [-0.3, -0.25) is 0 Å². The first-order valence-electron chi connectivity index (χ1n) is 7.64. The van der Waals surface area contributed by atoms with Crippen molar-refractivity contribution in [3.05, 3.63) is 23.8 Å². The minimum absolute atomic E-state index is 0.119. The Kier molecular flexibility index (Phi) is 6.99. The van der Waals surface area contributed by atoms with E-state index in [1.807, 2.05) is 32.0 Å². The fourth-order valence-electron chi connectivity index (χ4n) is 1.81. The molecule has 1 aromatic rings. The predicted octanol–water partition coefficient (Wildman–Crippen LogP) is 2.98. The quantitative estimate of drug-likeness (QED) is 0.688. The second-order valence-corrected chi connectivity index (χ2v) is 5.93. The number of benzene rings is 1. The van der Waals surface area contributed by atoms with Crippen molar-refractivity contribution in [2.45, 2.75) is 46.3 Å². The Balaban J connectivity index is 2.86. The van der Waals surface area contributed by atoms with E-state index in [4.69, 9.17) is 9.47 Å². The van der Waals surface area contributed by atoms with E-state index in [1.54, 1.807) is 14.0 Å². The van der Waals surface area contributed by atoms with Crippen LogP contribution in [-0.4, -0.2) is 31.0 Å². The first-order valence-corrected chi connectivity index (χ1v) is 7.64. The molecule has 0 aliphatic heterocycles. The van der Waals surface area contributed by atoms with Crippen LogP contribution >= 0.6 is 0 Å². The Bertz CT molecular complexity index is 430. The lowest BCUT2D eigenvalue weighted by atomic mass is 9.94. The summed E-state index contributed by atoms with van der Waals surface area (Å²) in [6, 6.07) is 5.85. The molecule has 120 valence electrons. The molecule has 0 bridgehead atoms. The molecule has 0 amide bonds. The molecule has 0 spiro atoms. The van der Waals surface area contributed by atoms with Gasteiger partial charge in [-0.2, -0.15) is 0 Å². The van der Waals surface area contributed by atoms with Gasteiger partial charge in [0.2, 0.25) is 0 Å². The van der Waals surface area contributed by atoms with Crippen molar-refractivity contribution in [3.8, 4) is 11.5 Å². The van der Waals surface area contributed by atoms with Crippen LogP contribution in [0.2, 0.25) is 0 Å². The van der Waals surface area contributed by atoms with Gasteiger partial charge < -0.3 is 19.9 Å². The molecule has 1 atom stereocenters. The number of hydrogen-bond acceptors (Lipinski definition) is 4. The summed E-state index contributed by atoms with van der Waals surface area (Å²) in [6.07, 6.45) is 1.09. The highest BCUT2D eigenvalue weighted by Gasteiger charge is 2.26. The van der Waals surface area contributed by atoms with Gasteiger partial charge in [0.05, 0.1) is 12.7 Å². The van der Waals surface area contributed by atoms with Crippen LogP contribution in [0.15, 0.2) is 18.2 Å². The Labute approximate surface area is 128 Å². The maximum absolute atomic E-state index is 10.3. The van der Waals surface area contributed by atoms with Crippen LogP contribution in [0, 0.1) is 5.92 Å². The van der Waals surface area contributed by atoms with Crippen molar-refractivity contribution in [2.24, 2.45) is 5.92 Å². The molecule has 0 fully saturated rings. The largest absolute Gasteiger partial charge is 0.493 e. The second kappa shape index (κ2) is 8.25. The fraction of sp³-hybridized carbons (Fsp3) is 0.647. The zero-order valence-electron chi connectivity index (χ0n) is 13.9. The lowest BCUT2D eigenvalue weighted by Crippen LogP contribution is -2.38. The Morgan fingerprint density at radius 1 is 1.33 bits per heavy atom. The van der Waals surface area contributed by atoms with E-state index < -0.39 is 5.60 Å². The van der Waals surface area contributed by atoms with Gasteiger partial charge in [-0.1, -0.05) is 32.9 Å². The second-order valence-electron chi connectivity index (χ2n) is 5.93. The third kappa shape index (κ3) is 5.21. The van der Waals surface area contributed by atoms with Crippen molar-refractivity contribution < 1.29 is 14.6 Å². The van der Waals surface area contributed by atoms with Crippen molar-refractivity contribution in [1.82, 2.24) is 5.32 Å². The third-order valence-electron chi connectivity index (χ3n) is 3.78. The molecule has 0 aliphatic rings. The molecule has 0 aliphatic carbocycles. The van der Waals surface area contributed by atoms with Crippen LogP contribution in [0.4, 0.5) is 0 Å². The molecule has 0 saturated carbocycles. The molecule has 4 heteroatoms. The van der Waals surface area contributed by atoms with Gasteiger partial charge in [-0.05, 0) is 31.9 Å². The molecule has 1 unspecified atom stereocenters. The van der Waals surface area contributed by atoms with Crippen LogP contribution in [0.3, 0.4) is 0 Å². The first kappa shape index (κ1) is 17.8. The molecule has 0 aromatic heterocycles. The molecule has 1 aromatic carbocycles. The lowest BCUT2D eigenvalue weighted by molar-refractivity contribution is -0.0274. The van der Waals surface area contributed by atoms with Crippen LogP contribution in [0.1, 0.15) is 39.7 Å². The Hall–Kier alpha value is -1.26. The zero-order chi connectivity index (χ0) is 15.9. The molecule has 21 heavy (non-hydrogen) atoms. The Morgan fingerprint density at radius 2 is 2.05 bits per heavy atom. The number of rotatable bonds is 9. The minimum atomic E-state index is -0.866. The monoisotopic (exact) mass is 295 g/mol. The number of aliphatic hydroxyl groups is 1. The summed E-state index contributed by atoms with van der Waals surface area (Å²) in [7, 11) is 1.63. The molecular weight excluding hydrogens is 266 g/mol. The molecule has 1 rings (SSSR count). The average Bonchev–Trinajstić information content (AvgIpc) is 2.45. The van der Waals surface area contributed by atoms with Gasteiger partial charge in [0.25, 0.3) is 0 Å². The van der Waals surface area contributed by atoms with Crippen molar-refractivity contribution in [2.75, 3.05) is 20.3 Å². The van der Waals surface area contributed by atoms with Gasteiger partial charge in [-0.15, -0.1) is 0 Å². The molecular formula is C17H29NO3. The molecule has 0 heterocycles. The van der Waals surface area contributed by atoms with E-state index in [2.05, 4.69) is 12.2 Å². The normalized spacial score (nSPS) is 14.0. The topological polar surface area (TPSA) is 50.7 Å². The standard InChI is InChI=1S/C17H29NO3/c1-6-10-18-11-14-8-7-9-15(20-5)16(14)21-12-17(4,19)13(2)3/h7-9,13,18-19H,6,10-12H2,1-5H3. The van der Waals surface area contributed by atoms with E-state index >= 15 is 0 Å². The van der Waals surface area contributed by atoms with Crippen LogP contribution < -0.4 is 14.8 Å². The van der Waals surface area contributed by atoms with Crippen LogP contribution in [-0.2, 0) is 6.54 Å². The minimum Gasteiger partial charge on any atom is -0.493 e. The number of hydrogen-bond donors (Lipinski definition) is 2. The zero-order valence-corrected chi connectivity index (χ0v) is 13.9. The van der Waals surface area contributed by atoms with Gasteiger partial charge in [-0.25, -0.2) is 0 Å². The molecule has 4 nitrogen and oxygen atoms in total. The number of methoxy groups -OCH3 is 1. The van der Waals surface area contributed by atoms with E-state index in [-0.39, 0.29) is 12.5 Å². The maximum Gasteiger partial charge on any atom is 0.165 e. The van der Waals surface area contributed by atoms with Gasteiger partial charge in [0.1, 0.15) is 6.61 Å². The SMILES string of the molecule is CCCNCc1cccc(OC)c1OCC(C)(O)C(C)C. The van der Waals surface area contributed by atoms with Crippen molar-refractivity contribution in [1.29, 1.82) is 0 Å². The van der Waals surface area contributed by atoms with E-state index in [0.717, 1.165) is 25.1 Å². The summed E-state index contributed by atoms with van der Waals surface area (Å²) < 4.78 is 11.3. The number of nitrogens with one attached hydrogen (secondary N) is 1. The van der Waals surface area contributed by atoms with Gasteiger partial charge >= 0.3 is 0 Å². The fourth-order valence-corrected chi connectivity index (χ4v) is 1.81. The van der Waals surface area contributed by atoms with E-state index in [1.165, 1.54) is 0 Å². The maximum atomic E-state index is 10.3. The first-order chi connectivity index (χ1) is 9.92. The Morgan fingerprint density at radius 3 is 2.62 bits per heavy atom. The average molecular weight is 295 g/mol. The summed E-state index contributed by atoms with van der Waals surface area (Å²) in [5, 5.41) is 13.7. The number of ether oxygens (including phenoxy) is 2. The molecule has 2 N–H and O–H groups in total. The van der Waals surface area contributed by atoms with Crippen LogP contribution in [0.25, 0.3) is 0 Å². The summed E-state index contributed by atoms with van der Waals surface area (Å²) in [5.74, 6) is 1.53. The smallest absolute Gasteiger partial charge is 0.165 e. The van der Waals surface area contributed by atoms with Crippen molar-refractivity contribution in [3.63, 3.8) is 0 Å². The summed E-state index contributed by atoms with van der Waals surface area (Å²) in [6.45, 7) is 9.82. The highest BCUT2D eigenvalue weighted by Crippen LogP contribution is 2.32. The highest BCUT2D eigenvalue weighted by atomic mass is 16.5. The number of para-hydroxylation sites is 1. The summed E-state index contributed by atoms with van der Waals surface area (Å²) >= 11 is 0. The molecule has 0 saturated heterocycles. The lowest BCUT2D eigenvalue weighted by Gasteiger charge is -2.28. The van der Waals surface area contributed by atoms with Gasteiger partial charge in [0.15, 0.2) is 11.5 Å². The predicted molar refractivity (Wildman–Crippen MR) is 85.9 cm³/mol. The van der Waals surface area contributed by atoms with E-state index in [0.29, 0.717) is 11.5 Å².